The number of aryl methyl sites for hydroxylation is 2. The van der Waals surface area contributed by atoms with Gasteiger partial charge in [-0.25, -0.2) is 0 Å². The first-order chi connectivity index (χ1) is 14.1. The largest absolute Gasteiger partial charge is 0.399 e. The molecule has 0 N–H and O–H groups in total. The second-order valence-corrected chi connectivity index (χ2v) is 7.07. The molecule has 2 heterocycles. The van der Waals surface area contributed by atoms with Gasteiger partial charge >= 0.3 is 0 Å². The van der Waals surface area contributed by atoms with Crippen LogP contribution in [0.3, 0.4) is 0 Å². The van der Waals surface area contributed by atoms with E-state index in [-0.39, 0.29) is 11.9 Å². The molecule has 7 nitrogen and oxygen atoms in total. The van der Waals surface area contributed by atoms with Gasteiger partial charge < -0.3 is 14.3 Å². The second kappa shape index (κ2) is 7.87. The van der Waals surface area contributed by atoms with E-state index in [4.69, 9.17) is 9.36 Å². The average molecular weight is 390 g/mol. The first-order valence-electron chi connectivity index (χ1n) is 9.43. The maximum atomic E-state index is 13.2. The van der Waals surface area contributed by atoms with E-state index in [1.165, 1.54) is 12.7 Å². The molecule has 1 fully saturated rings. The van der Waals surface area contributed by atoms with E-state index in [0.717, 1.165) is 16.8 Å². The van der Waals surface area contributed by atoms with E-state index in [1.807, 2.05) is 36.4 Å². The highest BCUT2D eigenvalue weighted by molar-refractivity contribution is 6.00. The summed E-state index contributed by atoms with van der Waals surface area (Å²) in [7, 11) is 1.49. The highest BCUT2D eigenvalue weighted by Crippen LogP contribution is 2.32. The lowest BCUT2D eigenvalue weighted by atomic mass is 9.99. The standard InChI is InChI=1S/C22H22N4O3/c1-14-6-4-5-7-19(14)16-8-10-17(11-9-16)22(27)26-13-18(25-28-3)12-20(26)21-23-15(2)24-29-21/h4-11,20H,12-13H2,1-3H3/b25-18-/t20-/m0/s1. The molecule has 7 heteroatoms. The summed E-state index contributed by atoms with van der Waals surface area (Å²) in [4.78, 5) is 24.2. The maximum absolute atomic E-state index is 13.2. The molecule has 1 aliphatic heterocycles. The van der Waals surface area contributed by atoms with Crippen LogP contribution in [0.2, 0.25) is 0 Å². The third kappa shape index (κ3) is 3.76. The fourth-order valence-electron chi connectivity index (χ4n) is 3.64. The molecule has 0 radical (unpaired) electrons. The number of nitrogens with zero attached hydrogens (tertiary/aromatic N) is 4. The van der Waals surface area contributed by atoms with Crippen molar-refractivity contribution in [2.24, 2.45) is 5.16 Å². The van der Waals surface area contributed by atoms with Gasteiger partial charge in [-0.1, -0.05) is 46.7 Å². The Morgan fingerprint density at radius 2 is 1.93 bits per heavy atom. The molecule has 148 valence electrons. The van der Waals surface area contributed by atoms with Gasteiger partial charge in [0, 0.05) is 12.0 Å². The molecule has 29 heavy (non-hydrogen) atoms. The Morgan fingerprint density at radius 3 is 2.59 bits per heavy atom. The molecule has 0 unspecified atom stereocenters. The lowest BCUT2D eigenvalue weighted by Gasteiger charge is -2.21. The molecule has 1 saturated heterocycles. The molecule has 0 aliphatic carbocycles. The van der Waals surface area contributed by atoms with Gasteiger partial charge in [0.1, 0.15) is 13.2 Å². The third-order valence-electron chi connectivity index (χ3n) is 5.06. The predicted octanol–water partition coefficient (Wildman–Crippen LogP) is 3.94. The summed E-state index contributed by atoms with van der Waals surface area (Å²) in [6.45, 7) is 4.19. The number of benzene rings is 2. The molecule has 0 spiro atoms. The van der Waals surface area contributed by atoms with Gasteiger partial charge in [-0.3, -0.25) is 4.79 Å². The van der Waals surface area contributed by atoms with Crippen LogP contribution in [0.1, 0.15) is 40.1 Å². The van der Waals surface area contributed by atoms with E-state index in [2.05, 4.69) is 34.4 Å². The highest BCUT2D eigenvalue weighted by Gasteiger charge is 2.38. The normalized spacial score (nSPS) is 17.7. The minimum atomic E-state index is -0.353. The lowest BCUT2D eigenvalue weighted by Crippen LogP contribution is -2.31. The Balaban J connectivity index is 1.61. The molecule has 1 aliphatic rings. The van der Waals surface area contributed by atoms with Crippen LogP contribution in [0.15, 0.2) is 58.2 Å². The summed E-state index contributed by atoms with van der Waals surface area (Å²) in [6, 6.07) is 15.5. The quantitative estimate of drug-likeness (QED) is 0.630. The second-order valence-electron chi connectivity index (χ2n) is 7.07. The minimum Gasteiger partial charge on any atom is -0.399 e. The van der Waals surface area contributed by atoms with Crippen LogP contribution in [-0.2, 0) is 4.84 Å². The van der Waals surface area contributed by atoms with Crippen LogP contribution in [-0.4, -0.2) is 40.3 Å². The molecule has 1 amide bonds. The Labute approximate surface area is 169 Å². The summed E-state index contributed by atoms with van der Waals surface area (Å²) in [5, 5.41) is 7.89. The van der Waals surface area contributed by atoms with Crippen molar-refractivity contribution >= 4 is 11.6 Å². The summed E-state index contributed by atoms with van der Waals surface area (Å²) in [5.74, 6) is 0.837. The average Bonchev–Trinajstić information content (AvgIpc) is 3.34. The van der Waals surface area contributed by atoms with Crippen LogP contribution in [0.4, 0.5) is 0 Å². The number of carbonyl (C=O) groups excluding carboxylic acids is 1. The highest BCUT2D eigenvalue weighted by atomic mass is 16.6. The first kappa shape index (κ1) is 18.9. The molecular formula is C22H22N4O3. The Kier molecular flexibility index (Phi) is 5.12. The van der Waals surface area contributed by atoms with Crippen molar-refractivity contribution in [1.29, 1.82) is 0 Å². The number of rotatable bonds is 4. The summed E-state index contributed by atoms with van der Waals surface area (Å²) in [6.07, 6.45) is 0.502. The van der Waals surface area contributed by atoms with Crippen molar-refractivity contribution in [2.45, 2.75) is 26.3 Å². The van der Waals surface area contributed by atoms with Gasteiger partial charge in [0.25, 0.3) is 5.91 Å². The van der Waals surface area contributed by atoms with Crippen LogP contribution in [0.5, 0.6) is 0 Å². The van der Waals surface area contributed by atoms with Crippen molar-refractivity contribution < 1.29 is 14.2 Å². The van der Waals surface area contributed by atoms with E-state index < -0.39 is 0 Å². The van der Waals surface area contributed by atoms with Crippen LogP contribution in [0.25, 0.3) is 11.1 Å². The van der Waals surface area contributed by atoms with Crippen molar-refractivity contribution in [3.63, 3.8) is 0 Å². The number of oxime groups is 1. The number of aromatic nitrogens is 2. The van der Waals surface area contributed by atoms with Gasteiger partial charge in [0.2, 0.25) is 5.89 Å². The number of carbonyl (C=O) groups is 1. The molecule has 0 bridgehead atoms. The number of likely N-dealkylation sites (tertiary alicyclic amines) is 1. The topological polar surface area (TPSA) is 80.8 Å². The first-order valence-corrected chi connectivity index (χ1v) is 9.43. The van der Waals surface area contributed by atoms with Gasteiger partial charge in [0.05, 0.1) is 12.3 Å². The van der Waals surface area contributed by atoms with Crippen LogP contribution in [0, 0.1) is 13.8 Å². The van der Waals surface area contributed by atoms with E-state index in [1.54, 1.807) is 11.8 Å². The minimum absolute atomic E-state index is 0.108. The zero-order chi connectivity index (χ0) is 20.4. The SMILES string of the molecule is CO/N=C1/C[C@@H](c2nc(C)no2)N(C(=O)c2ccc(-c3ccccc3C)cc2)C1. The summed E-state index contributed by atoms with van der Waals surface area (Å²) < 4.78 is 5.33. The molecule has 2 aromatic carbocycles. The zero-order valence-corrected chi connectivity index (χ0v) is 16.6. The van der Waals surface area contributed by atoms with Crippen LogP contribution >= 0.6 is 0 Å². The fourth-order valence-corrected chi connectivity index (χ4v) is 3.64. The number of hydrogen-bond acceptors (Lipinski definition) is 6. The van der Waals surface area contributed by atoms with E-state index >= 15 is 0 Å². The molecule has 3 aromatic rings. The van der Waals surface area contributed by atoms with Crippen LogP contribution < -0.4 is 0 Å². The number of amides is 1. The third-order valence-corrected chi connectivity index (χ3v) is 5.06. The molecule has 0 saturated carbocycles. The molecule has 4 rings (SSSR count). The fraction of sp³-hybridized carbons (Fsp3) is 0.273. The van der Waals surface area contributed by atoms with Crippen molar-refractivity contribution in [1.82, 2.24) is 15.0 Å². The van der Waals surface area contributed by atoms with Crippen molar-refractivity contribution in [3.8, 4) is 11.1 Å². The lowest BCUT2D eigenvalue weighted by molar-refractivity contribution is 0.0713. The predicted molar refractivity (Wildman–Crippen MR) is 108 cm³/mol. The molecule has 1 aromatic heterocycles. The van der Waals surface area contributed by atoms with E-state index in [9.17, 15) is 4.79 Å². The summed E-state index contributed by atoms with van der Waals surface area (Å²) >= 11 is 0. The maximum Gasteiger partial charge on any atom is 0.254 e. The Morgan fingerprint density at radius 1 is 1.17 bits per heavy atom. The smallest absolute Gasteiger partial charge is 0.254 e. The molecular weight excluding hydrogens is 368 g/mol. The van der Waals surface area contributed by atoms with Gasteiger partial charge in [-0.05, 0) is 42.7 Å². The van der Waals surface area contributed by atoms with Crippen molar-refractivity contribution in [2.75, 3.05) is 13.7 Å². The van der Waals surface area contributed by atoms with Crippen molar-refractivity contribution in [3.05, 3.63) is 71.4 Å². The summed E-state index contributed by atoms with van der Waals surface area (Å²) in [5.41, 5.74) is 4.78. The Hall–Kier alpha value is -3.48. The number of hydrogen-bond donors (Lipinski definition) is 0. The van der Waals surface area contributed by atoms with E-state index in [0.29, 0.717) is 30.2 Å². The van der Waals surface area contributed by atoms with Gasteiger partial charge in [-0.2, -0.15) is 4.98 Å². The zero-order valence-electron chi connectivity index (χ0n) is 16.6. The van der Waals surface area contributed by atoms with Gasteiger partial charge in [0.15, 0.2) is 5.82 Å². The Bertz CT molecular complexity index is 1060. The van der Waals surface area contributed by atoms with Gasteiger partial charge in [-0.15, -0.1) is 0 Å². The molecule has 1 atom stereocenters. The monoisotopic (exact) mass is 390 g/mol.